The molecular weight excluding hydrogens is 171 g/mol. The lowest BCUT2D eigenvalue weighted by Gasteiger charge is -2.20. The van der Waals surface area contributed by atoms with Gasteiger partial charge < -0.3 is 0 Å². The van der Waals surface area contributed by atoms with E-state index in [2.05, 4.69) is 0 Å². The molecule has 0 atom stereocenters. The average Bonchev–Trinajstić information content (AvgIpc) is 2.04. The number of carbonyl (C=O) groups excluding carboxylic acids is 1. The van der Waals surface area contributed by atoms with Gasteiger partial charge in [-0.25, -0.2) is 0 Å². The third-order valence-corrected chi connectivity index (χ3v) is 2.76. The predicted molar refractivity (Wildman–Crippen MR) is 62.6 cm³/mol. The minimum Gasteiger partial charge on any atom is -0.295 e. The quantitative estimate of drug-likeness (QED) is 0.482. The summed E-state index contributed by atoms with van der Waals surface area (Å²) >= 11 is 0. The van der Waals surface area contributed by atoms with Crippen LogP contribution in [0.5, 0.6) is 0 Å². The van der Waals surface area contributed by atoms with Gasteiger partial charge in [-0.3, -0.25) is 4.79 Å². The van der Waals surface area contributed by atoms with Crippen molar-refractivity contribution in [1.82, 2.24) is 0 Å². The van der Waals surface area contributed by atoms with E-state index in [0.717, 1.165) is 18.4 Å². The molecule has 0 aliphatic heterocycles. The van der Waals surface area contributed by atoms with Crippen LogP contribution >= 0.6 is 0 Å². The van der Waals surface area contributed by atoms with Crippen molar-refractivity contribution < 1.29 is 4.79 Å². The van der Waals surface area contributed by atoms with Crippen molar-refractivity contribution in [1.29, 1.82) is 0 Å². The molecular formula is C12H21BO. The lowest BCUT2D eigenvalue weighted by molar-refractivity contribution is -0.118. The van der Waals surface area contributed by atoms with Crippen LogP contribution in [0.4, 0.5) is 0 Å². The SMILES string of the molecule is [B]C(C)(C)/C(C)=C/C(=O)C(CC)CC. The molecule has 78 valence electrons. The predicted octanol–water partition coefficient (Wildman–Crippen LogP) is 3.31. The Balaban J connectivity index is 4.58. The van der Waals surface area contributed by atoms with E-state index in [-0.39, 0.29) is 17.0 Å². The first-order valence-electron chi connectivity index (χ1n) is 5.34. The highest BCUT2D eigenvalue weighted by molar-refractivity contribution is 6.17. The van der Waals surface area contributed by atoms with Crippen LogP contribution in [0.25, 0.3) is 0 Å². The van der Waals surface area contributed by atoms with Crippen molar-refractivity contribution in [3.8, 4) is 0 Å². The zero-order valence-corrected chi connectivity index (χ0v) is 10.1. The Morgan fingerprint density at radius 1 is 1.36 bits per heavy atom. The summed E-state index contributed by atoms with van der Waals surface area (Å²) in [7, 11) is 5.89. The molecule has 2 heteroatoms. The van der Waals surface area contributed by atoms with Gasteiger partial charge in [0.1, 0.15) is 0 Å². The summed E-state index contributed by atoms with van der Waals surface area (Å²) in [5.41, 5.74) is 0.953. The number of allylic oxidation sites excluding steroid dienone is 2. The van der Waals surface area contributed by atoms with Crippen LogP contribution in [0.3, 0.4) is 0 Å². The van der Waals surface area contributed by atoms with Crippen molar-refractivity contribution in [3.05, 3.63) is 11.6 Å². The summed E-state index contributed by atoms with van der Waals surface area (Å²) in [6, 6.07) is 0. The van der Waals surface area contributed by atoms with Gasteiger partial charge in [0.05, 0.1) is 7.85 Å². The van der Waals surface area contributed by atoms with E-state index in [9.17, 15) is 4.79 Å². The van der Waals surface area contributed by atoms with Crippen LogP contribution in [-0.4, -0.2) is 13.6 Å². The molecule has 0 heterocycles. The maximum absolute atomic E-state index is 11.7. The molecule has 1 nitrogen and oxygen atoms in total. The van der Waals surface area contributed by atoms with E-state index < -0.39 is 0 Å². The molecule has 0 spiro atoms. The molecule has 2 radical (unpaired) electrons. The second-order valence-electron chi connectivity index (χ2n) is 4.46. The molecule has 0 N–H and O–H groups in total. The van der Waals surface area contributed by atoms with Gasteiger partial charge >= 0.3 is 0 Å². The van der Waals surface area contributed by atoms with Crippen LogP contribution in [-0.2, 0) is 4.79 Å². The first kappa shape index (κ1) is 13.5. The smallest absolute Gasteiger partial charge is 0.158 e. The highest BCUT2D eigenvalue weighted by Gasteiger charge is 2.16. The Morgan fingerprint density at radius 2 is 1.79 bits per heavy atom. The molecule has 0 saturated carbocycles. The van der Waals surface area contributed by atoms with Gasteiger partial charge in [-0.1, -0.05) is 38.6 Å². The molecule has 0 aromatic heterocycles. The largest absolute Gasteiger partial charge is 0.295 e. The normalized spacial score (nSPS) is 13.4. The van der Waals surface area contributed by atoms with Crippen LogP contribution in [0, 0.1) is 5.92 Å². The summed E-state index contributed by atoms with van der Waals surface area (Å²) < 4.78 is 0. The zero-order valence-electron chi connectivity index (χ0n) is 10.1. The maximum Gasteiger partial charge on any atom is 0.158 e. The van der Waals surface area contributed by atoms with Crippen molar-refractivity contribution in [2.45, 2.75) is 52.8 Å². The summed E-state index contributed by atoms with van der Waals surface area (Å²) in [6.07, 6.45) is 3.52. The second kappa shape index (κ2) is 5.38. The Hall–Kier alpha value is -0.525. The van der Waals surface area contributed by atoms with E-state index in [0.29, 0.717) is 0 Å². The first-order valence-corrected chi connectivity index (χ1v) is 5.34. The molecule has 0 bridgehead atoms. The molecule has 0 aromatic carbocycles. The van der Waals surface area contributed by atoms with Gasteiger partial charge in [0, 0.05) is 5.92 Å². The Kier molecular flexibility index (Phi) is 5.18. The Morgan fingerprint density at radius 3 is 2.07 bits per heavy atom. The average molecular weight is 192 g/mol. The van der Waals surface area contributed by atoms with Crippen molar-refractivity contribution in [2.75, 3.05) is 0 Å². The van der Waals surface area contributed by atoms with Crippen LogP contribution in [0.15, 0.2) is 11.6 Å². The second-order valence-corrected chi connectivity index (χ2v) is 4.46. The molecule has 0 saturated heterocycles. The zero-order chi connectivity index (χ0) is 11.4. The highest BCUT2D eigenvalue weighted by atomic mass is 16.1. The third-order valence-electron chi connectivity index (χ3n) is 2.76. The van der Waals surface area contributed by atoms with E-state index in [1.807, 2.05) is 34.6 Å². The first-order chi connectivity index (χ1) is 6.32. The monoisotopic (exact) mass is 192 g/mol. The van der Waals surface area contributed by atoms with Crippen molar-refractivity contribution in [3.63, 3.8) is 0 Å². The number of carbonyl (C=O) groups is 1. The summed E-state index contributed by atoms with van der Waals surface area (Å²) in [6.45, 7) is 9.84. The van der Waals surface area contributed by atoms with Crippen LogP contribution in [0.1, 0.15) is 47.5 Å². The topological polar surface area (TPSA) is 17.1 Å². The van der Waals surface area contributed by atoms with Gasteiger partial charge in [0.2, 0.25) is 0 Å². The minimum atomic E-state index is -0.387. The maximum atomic E-state index is 11.7. The van der Waals surface area contributed by atoms with Crippen molar-refractivity contribution in [2.24, 2.45) is 5.92 Å². The van der Waals surface area contributed by atoms with E-state index >= 15 is 0 Å². The molecule has 0 aromatic rings. The van der Waals surface area contributed by atoms with E-state index in [4.69, 9.17) is 7.85 Å². The van der Waals surface area contributed by atoms with Gasteiger partial charge in [-0.05, 0) is 25.8 Å². The fourth-order valence-electron chi connectivity index (χ4n) is 1.21. The third kappa shape index (κ3) is 4.12. The number of hydrogen-bond acceptors (Lipinski definition) is 1. The number of hydrogen-bond donors (Lipinski definition) is 0. The number of ketones is 1. The van der Waals surface area contributed by atoms with E-state index in [1.165, 1.54) is 0 Å². The Labute approximate surface area is 89.4 Å². The van der Waals surface area contributed by atoms with Gasteiger partial charge in [0.25, 0.3) is 0 Å². The molecule has 0 amide bonds. The standard InChI is InChI=1S/C12H21BO/c1-6-10(7-2)11(14)8-9(3)12(4,5)13/h8,10H,6-7H2,1-5H3/b9-8+. The highest BCUT2D eigenvalue weighted by Crippen LogP contribution is 2.29. The molecule has 0 aliphatic carbocycles. The van der Waals surface area contributed by atoms with Crippen LogP contribution in [0.2, 0.25) is 5.31 Å². The minimum absolute atomic E-state index is 0.160. The molecule has 0 unspecified atom stereocenters. The molecule has 0 rings (SSSR count). The fourth-order valence-corrected chi connectivity index (χ4v) is 1.21. The lowest BCUT2D eigenvalue weighted by atomic mass is 9.67. The van der Waals surface area contributed by atoms with E-state index in [1.54, 1.807) is 6.08 Å². The molecule has 0 aliphatic rings. The van der Waals surface area contributed by atoms with Gasteiger partial charge in [0.15, 0.2) is 5.78 Å². The fraction of sp³-hybridized carbons (Fsp3) is 0.750. The van der Waals surface area contributed by atoms with Crippen LogP contribution < -0.4 is 0 Å². The number of rotatable bonds is 5. The van der Waals surface area contributed by atoms with Gasteiger partial charge in [-0.15, -0.1) is 0 Å². The van der Waals surface area contributed by atoms with Gasteiger partial charge in [-0.2, -0.15) is 0 Å². The van der Waals surface area contributed by atoms with Crippen molar-refractivity contribution >= 4 is 13.6 Å². The summed E-state index contributed by atoms with van der Waals surface area (Å²) in [5, 5.41) is -0.387. The molecule has 0 fully saturated rings. The lowest BCUT2D eigenvalue weighted by Crippen LogP contribution is -2.13. The Bertz CT molecular complexity index is 219. The summed E-state index contributed by atoms with van der Waals surface area (Å²) in [4.78, 5) is 11.7. The molecule has 14 heavy (non-hydrogen) atoms. The summed E-state index contributed by atoms with van der Waals surface area (Å²) in [5.74, 6) is 0.373.